The third-order valence-electron chi connectivity index (χ3n) is 3.05. The second kappa shape index (κ2) is 3.87. The molecule has 1 aromatic carbocycles. The highest BCUT2D eigenvalue weighted by atomic mass is 16.5. The number of rotatable bonds is 3. The summed E-state index contributed by atoms with van der Waals surface area (Å²) in [7, 11) is 1.63. The van der Waals surface area contributed by atoms with Crippen molar-refractivity contribution in [1.82, 2.24) is 0 Å². The zero-order valence-corrected chi connectivity index (χ0v) is 8.69. The largest absolute Gasteiger partial charge is 0.497 e. The van der Waals surface area contributed by atoms with Gasteiger partial charge in [-0.05, 0) is 37.0 Å². The molecule has 1 aromatic rings. The van der Waals surface area contributed by atoms with Gasteiger partial charge in [0.25, 0.3) is 0 Å². The molecule has 1 fully saturated rings. The molecule has 78 valence electrons. The average Bonchev–Trinajstić information content (AvgIpc) is 2.23. The summed E-state index contributed by atoms with van der Waals surface area (Å²) >= 11 is 0. The van der Waals surface area contributed by atoms with E-state index in [4.69, 9.17) is 4.74 Å². The van der Waals surface area contributed by atoms with E-state index in [0.717, 1.165) is 30.6 Å². The molecule has 0 radical (unpaired) electrons. The predicted molar refractivity (Wildman–Crippen MR) is 56.6 cm³/mol. The molecular formula is C12H13NO2. The maximum absolute atomic E-state index is 10.4. The molecular weight excluding hydrogens is 190 g/mol. The normalized spacial score (nSPS) is 17.4. The van der Waals surface area contributed by atoms with Crippen LogP contribution in [0.4, 0.5) is 0 Å². The van der Waals surface area contributed by atoms with Gasteiger partial charge in [0.1, 0.15) is 5.75 Å². The van der Waals surface area contributed by atoms with Gasteiger partial charge in [-0.3, -0.25) is 0 Å². The maximum atomic E-state index is 10.4. The quantitative estimate of drug-likeness (QED) is 0.559. The van der Waals surface area contributed by atoms with Gasteiger partial charge in [-0.2, -0.15) is 4.99 Å². The van der Waals surface area contributed by atoms with Gasteiger partial charge in [-0.1, -0.05) is 12.1 Å². The van der Waals surface area contributed by atoms with Gasteiger partial charge in [0.05, 0.1) is 12.6 Å². The molecule has 0 unspecified atom stereocenters. The highest BCUT2D eigenvalue weighted by molar-refractivity contribution is 5.41. The van der Waals surface area contributed by atoms with Crippen LogP contribution in [0.15, 0.2) is 29.3 Å². The Bertz CT molecular complexity index is 404. The number of hydrogen-bond acceptors (Lipinski definition) is 3. The van der Waals surface area contributed by atoms with E-state index < -0.39 is 0 Å². The van der Waals surface area contributed by atoms with E-state index in [1.54, 1.807) is 13.2 Å². The summed E-state index contributed by atoms with van der Waals surface area (Å²) in [4.78, 5) is 14.4. The summed E-state index contributed by atoms with van der Waals surface area (Å²) in [5.41, 5.74) is 0.729. The summed E-state index contributed by atoms with van der Waals surface area (Å²) < 4.78 is 5.16. The minimum Gasteiger partial charge on any atom is -0.497 e. The van der Waals surface area contributed by atoms with E-state index in [-0.39, 0.29) is 5.54 Å². The van der Waals surface area contributed by atoms with Crippen LogP contribution >= 0.6 is 0 Å². The first-order valence-corrected chi connectivity index (χ1v) is 5.04. The Hall–Kier alpha value is -1.60. The Kier molecular flexibility index (Phi) is 2.57. The number of benzene rings is 1. The molecule has 15 heavy (non-hydrogen) atoms. The van der Waals surface area contributed by atoms with E-state index in [0.29, 0.717) is 0 Å². The Morgan fingerprint density at radius 2 is 2.27 bits per heavy atom. The topological polar surface area (TPSA) is 38.7 Å². The fourth-order valence-electron chi connectivity index (χ4n) is 1.98. The number of carbonyl (C=O) groups excluding carboxylic acids is 1. The van der Waals surface area contributed by atoms with Crippen molar-refractivity contribution < 1.29 is 9.53 Å². The SMILES string of the molecule is COc1cccc(C2(N=C=O)CCC2)c1. The van der Waals surface area contributed by atoms with Crippen LogP contribution < -0.4 is 4.74 Å². The van der Waals surface area contributed by atoms with Crippen LogP contribution in [-0.2, 0) is 10.3 Å². The van der Waals surface area contributed by atoms with Crippen molar-refractivity contribution in [2.24, 2.45) is 4.99 Å². The van der Waals surface area contributed by atoms with Gasteiger partial charge in [0.2, 0.25) is 6.08 Å². The predicted octanol–water partition coefficient (Wildman–Crippen LogP) is 2.41. The van der Waals surface area contributed by atoms with Crippen molar-refractivity contribution in [3.63, 3.8) is 0 Å². The highest BCUT2D eigenvalue weighted by Crippen LogP contribution is 2.45. The van der Waals surface area contributed by atoms with Crippen molar-refractivity contribution in [2.75, 3.05) is 7.11 Å². The number of aliphatic imine (C=N–C) groups is 1. The standard InChI is InChI=1S/C12H13NO2/c1-15-11-5-2-4-10(8-11)12(13-9-14)6-3-7-12/h2,4-5,8H,3,6-7H2,1H3. The first-order valence-electron chi connectivity index (χ1n) is 5.04. The van der Waals surface area contributed by atoms with Crippen LogP contribution in [-0.4, -0.2) is 13.2 Å². The molecule has 0 heterocycles. The van der Waals surface area contributed by atoms with Crippen molar-refractivity contribution in [2.45, 2.75) is 24.8 Å². The van der Waals surface area contributed by atoms with E-state index in [1.165, 1.54) is 0 Å². The molecule has 0 saturated heterocycles. The summed E-state index contributed by atoms with van der Waals surface area (Å²) in [5.74, 6) is 0.805. The van der Waals surface area contributed by atoms with E-state index in [1.807, 2.05) is 24.3 Å². The number of isocyanates is 1. The Morgan fingerprint density at radius 3 is 2.80 bits per heavy atom. The van der Waals surface area contributed by atoms with Crippen molar-refractivity contribution in [1.29, 1.82) is 0 Å². The molecule has 0 spiro atoms. The van der Waals surface area contributed by atoms with E-state index >= 15 is 0 Å². The smallest absolute Gasteiger partial charge is 0.235 e. The molecule has 0 bridgehead atoms. The van der Waals surface area contributed by atoms with E-state index in [2.05, 4.69) is 4.99 Å². The zero-order valence-electron chi connectivity index (χ0n) is 8.69. The third kappa shape index (κ3) is 1.66. The fourth-order valence-corrected chi connectivity index (χ4v) is 1.98. The molecule has 1 aliphatic carbocycles. The first kappa shape index (κ1) is 9.94. The van der Waals surface area contributed by atoms with Gasteiger partial charge < -0.3 is 4.74 Å². The Labute approximate surface area is 88.8 Å². The van der Waals surface area contributed by atoms with Crippen molar-refractivity contribution >= 4 is 6.08 Å². The average molecular weight is 203 g/mol. The molecule has 2 rings (SSSR count). The maximum Gasteiger partial charge on any atom is 0.235 e. The minimum absolute atomic E-state index is 0.323. The summed E-state index contributed by atoms with van der Waals surface area (Å²) in [6.07, 6.45) is 4.65. The third-order valence-corrected chi connectivity index (χ3v) is 3.05. The molecule has 0 atom stereocenters. The summed E-state index contributed by atoms with van der Waals surface area (Å²) in [6, 6.07) is 7.75. The molecule has 0 amide bonds. The van der Waals surface area contributed by atoms with Crippen molar-refractivity contribution in [3.05, 3.63) is 29.8 Å². The Balaban J connectivity index is 2.38. The molecule has 0 aliphatic heterocycles. The van der Waals surface area contributed by atoms with Crippen LogP contribution in [0.5, 0.6) is 5.75 Å². The zero-order chi connectivity index (χ0) is 10.7. The lowest BCUT2D eigenvalue weighted by atomic mass is 9.72. The molecule has 3 heteroatoms. The van der Waals surface area contributed by atoms with Crippen molar-refractivity contribution in [3.8, 4) is 5.75 Å². The summed E-state index contributed by atoms with van der Waals surface area (Å²) in [6.45, 7) is 0. The number of methoxy groups -OCH3 is 1. The van der Waals surface area contributed by atoms with Crippen LogP contribution in [0, 0.1) is 0 Å². The van der Waals surface area contributed by atoms with Gasteiger partial charge >= 0.3 is 0 Å². The Morgan fingerprint density at radius 1 is 1.47 bits per heavy atom. The van der Waals surface area contributed by atoms with Gasteiger partial charge in [0.15, 0.2) is 0 Å². The lowest BCUT2D eigenvalue weighted by molar-refractivity contribution is 0.255. The lowest BCUT2D eigenvalue weighted by Gasteiger charge is -2.37. The second-order valence-electron chi connectivity index (χ2n) is 3.82. The molecule has 0 N–H and O–H groups in total. The van der Waals surface area contributed by atoms with Crippen LogP contribution in [0.3, 0.4) is 0 Å². The molecule has 1 saturated carbocycles. The minimum atomic E-state index is -0.323. The second-order valence-corrected chi connectivity index (χ2v) is 3.82. The summed E-state index contributed by atoms with van der Waals surface area (Å²) in [5, 5.41) is 0. The monoisotopic (exact) mass is 203 g/mol. The van der Waals surface area contributed by atoms with Crippen LogP contribution in [0.1, 0.15) is 24.8 Å². The molecule has 3 nitrogen and oxygen atoms in total. The number of nitrogens with zero attached hydrogens (tertiary/aromatic N) is 1. The van der Waals surface area contributed by atoms with E-state index in [9.17, 15) is 4.79 Å². The van der Waals surface area contributed by atoms with Gasteiger partial charge in [-0.15, -0.1) is 0 Å². The van der Waals surface area contributed by atoms with Gasteiger partial charge in [-0.25, -0.2) is 4.79 Å². The van der Waals surface area contributed by atoms with Gasteiger partial charge in [0, 0.05) is 0 Å². The molecule has 0 aromatic heterocycles. The van der Waals surface area contributed by atoms with Crippen LogP contribution in [0.2, 0.25) is 0 Å². The number of hydrogen-bond donors (Lipinski definition) is 0. The van der Waals surface area contributed by atoms with Crippen LogP contribution in [0.25, 0.3) is 0 Å². The lowest BCUT2D eigenvalue weighted by Crippen LogP contribution is -2.31. The molecule has 1 aliphatic rings. The highest BCUT2D eigenvalue weighted by Gasteiger charge is 2.38. The fraction of sp³-hybridized carbons (Fsp3) is 0.417. The number of ether oxygens (including phenoxy) is 1. The first-order chi connectivity index (χ1) is 7.30.